The van der Waals surface area contributed by atoms with Crippen molar-refractivity contribution in [2.75, 3.05) is 6.54 Å². The summed E-state index contributed by atoms with van der Waals surface area (Å²) < 4.78 is 15.4. The molecule has 1 aliphatic rings. The second-order valence-corrected chi connectivity index (χ2v) is 4.42. The van der Waals surface area contributed by atoms with Gasteiger partial charge in [-0.15, -0.1) is 0 Å². The summed E-state index contributed by atoms with van der Waals surface area (Å²) in [4.78, 5) is 4.32. The van der Waals surface area contributed by atoms with Crippen LogP contribution in [-0.4, -0.2) is 16.1 Å². The van der Waals surface area contributed by atoms with Gasteiger partial charge in [0.2, 0.25) is 0 Å². The van der Waals surface area contributed by atoms with Crippen LogP contribution in [0, 0.1) is 5.82 Å². The van der Waals surface area contributed by atoms with Crippen molar-refractivity contribution in [1.29, 1.82) is 0 Å². The van der Waals surface area contributed by atoms with Gasteiger partial charge in [-0.05, 0) is 18.2 Å². The molecule has 1 N–H and O–H groups in total. The van der Waals surface area contributed by atoms with Crippen molar-refractivity contribution in [1.82, 2.24) is 14.9 Å². The van der Waals surface area contributed by atoms with Gasteiger partial charge in [0.25, 0.3) is 0 Å². The summed E-state index contributed by atoms with van der Waals surface area (Å²) >= 11 is 6.11. The lowest BCUT2D eigenvalue weighted by Gasteiger charge is -2.18. The average Bonchev–Trinajstić information content (AvgIpc) is 2.76. The van der Waals surface area contributed by atoms with Gasteiger partial charge in [0.05, 0.1) is 23.5 Å². The average molecular weight is 252 g/mol. The Labute approximate surface area is 103 Å². The predicted octanol–water partition coefficient (Wildman–Crippen LogP) is 2.45. The number of hydrogen-bond donors (Lipinski definition) is 1. The van der Waals surface area contributed by atoms with Crippen molar-refractivity contribution >= 4 is 11.6 Å². The third-order valence-electron chi connectivity index (χ3n) is 2.94. The molecule has 0 radical (unpaired) electrons. The van der Waals surface area contributed by atoms with E-state index in [1.807, 2.05) is 0 Å². The third-order valence-corrected chi connectivity index (χ3v) is 3.27. The Balaban J connectivity index is 2.15. The highest BCUT2D eigenvalue weighted by atomic mass is 35.5. The van der Waals surface area contributed by atoms with Crippen molar-refractivity contribution in [3.8, 4) is 11.3 Å². The topological polar surface area (TPSA) is 29.9 Å². The van der Waals surface area contributed by atoms with E-state index in [4.69, 9.17) is 11.6 Å². The summed E-state index contributed by atoms with van der Waals surface area (Å²) in [5.41, 5.74) is 1.58. The molecule has 0 atom stereocenters. The molecule has 0 saturated heterocycles. The number of benzene rings is 1. The molecule has 0 saturated carbocycles. The van der Waals surface area contributed by atoms with Crippen molar-refractivity contribution < 1.29 is 4.39 Å². The standard InChI is InChI=1S/C12H11ClFN3/c13-10-2-1-8(14)5-9(10)11-6-16-12-7-15-3-4-17(11)12/h1-2,5-6,15H,3-4,7H2. The minimum absolute atomic E-state index is 0.283. The number of fused-ring (bicyclic) bond motifs is 1. The molecule has 0 aliphatic carbocycles. The molecular weight excluding hydrogens is 241 g/mol. The van der Waals surface area contributed by atoms with Crippen LogP contribution in [0.25, 0.3) is 11.3 Å². The van der Waals surface area contributed by atoms with Crippen LogP contribution in [0.4, 0.5) is 4.39 Å². The zero-order valence-corrected chi connectivity index (χ0v) is 9.84. The Morgan fingerprint density at radius 1 is 1.41 bits per heavy atom. The maximum Gasteiger partial charge on any atom is 0.123 e. The number of halogens is 2. The van der Waals surface area contributed by atoms with E-state index in [9.17, 15) is 4.39 Å². The van der Waals surface area contributed by atoms with Crippen LogP contribution in [0.1, 0.15) is 5.82 Å². The van der Waals surface area contributed by atoms with Gasteiger partial charge < -0.3 is 9.88 Å². The first-order valence-electron chi connectivity index (χ1n) is 5.46. The van der Waals surface area contributed by atoms with E-state index < -0.39 is 0 Å². The maximum absolute atomic E-state index is 13.3. The first-order valence-corrected chi connectivity index (χ1v) is 5.84. The Morgan fingerprint density at radius 3 is 3.18 bits per heavy atom. The van der Waals surface area contributed by atoms with Gasteiger partial charge in [-0.2, -0.15) is 0 Å². The number of hydrogen-bond acceptors (Lipinski definition) is 2. The lowest BCUT2D eigenvalue weighted by Crippen LogP contribution is -2.28. The molecule has 0 unspecified atom stereocenters. The first-order chi connectivity index (χ1) is 8.25. The van der Waals surface area contributed by atoms with Crippen LogP contribution in [0.2, 0.25) is 5.02 Å². The molecule has 3 rings (SSSR count). The van der Waals surface area contributed by atoms with E-state index in [0.29, 0.717) is 10.6 Å². The molecule has 5 heteroatoms. The van der Waals surface area contributed by atoms with E-state index in [-0.39, 0.29) is 5.82 Å². The summed E-state index contributed by atoms with van der Waals surface area (Å²) in [6.45, 7) is 2.47. The molecule has 88 valence electrons. The quantitative estimate of drug-likeness (QED) is 0.844. The fourth-order valence-corrected chi connectivity index (χ4v) is 2.32. The lowest BCUT2D eigenvalue weighted by atomic mass is 10.1. The van der Waals surface area contributed by atoms with Crippen molar-refractivity contribution in [3.05, 3.63) is 41.1 Å². The molecule has 1 aromatic carbocycles. The van der Waals surface area contributed by atoms with Gasteiger partial charge >= 0.3 is 0 Å². The van der Waals surface area contributed by atoms with E-state index in [2.05, 4.69) is 14.9 Å². The number of nitrogens with zero attached hydrogens (tertiary/aromatic N) is 2. The van der Waals surface area contributed by atoms with Crippen LogP contribution in [0.5, 0.6) is 0 Å². The third kappa shape index (κ3) is 1.83. The molecular formula is C12H11ClFN3. The fourth-order valence-electron chi connectivity index (χ4n) is 2.10. The number of nitrogens with one attached hydrogen (secondary N) is 1. The Morgan fingerprint density at radius 2 is 2.29 bits per heavy atom. The predicted molar refractivity (Wildman–Crippen MR) is 64.3 cm³/mol. The van der Waals surface area contributed by atoms with E-state index >= 15 is 0 Å². The van der Waals surface area contributed by atoms with Gasteiger partial charge in [0.15, 0.2) is 0 Å². The molecule has 17 heavy (non-hydrogen) atoms. The number of aromatic nitrogens is 2. The van der Waals surface area contributed by atoms with Crippen molar-refractivity contribution in [2.24, 2.45) is 0 Å². The highest BCUT2D eigenvalue weighted by molar-refractivity contribution is 6.33. The Bertz CT molecular complexity index is 565. The fraction of sp³-hybridized carbons (Fsp3) is 0.250. The summed E-state index contributed by atoms with van der Waals surface area (Å²) in [5.74, 6) is 0.681. The number of imidazole rings is 1. The molecule has 2 heterocycles. The molecule has 3 nitrogen and oxygen atoms in total. The highest BCUT2D eigenvalue weighted by Crippen LogP contribution is 2.29. The molecule has 1 aliphatic heterocycles. The summed E-state index contributed by atoms with van der Waals surface area (Å²) in [7, 11) is 0. The second-order valence-electron chi connectivity index (χ2n) is 4.01. The van der Waals surface area contributed by atoms with Crippen LogP contribution >= 0.6 is 11.6 Å². The van der Waals surface area contributed by atoms with Gasteiger partial charge in [-0.25, -0.2) is 9.37 Å². The first kappa shape index (κ1) is 10.7. The summed E-state index contributed by atoms with van der Waals surface area (Å²) in [6.07, 6.45) is 1.75. The van der Waals surface area contributed by atoms with Crippen LogP contribution in [0.3, 0.4) is 0 Å². The minimum Gasteiger partial charge on any atom is -0.326 e. The highest BCUT2D eigenvalue weighted by Gasteiger charge is 2.16. The minimum atomic E-state index is -0.283. The zero-order valence-electron chi connectivity index (χ0n) is 9.08. The summed E-state index contributed by atoms with van der Waals surface area (Å²) in [5, 5.41) is 3.79. The van der Waals surface area contributed by atoms with Crippen LogP contribution in [0.15, 0.2) is 24.4 Å². The molecule has 0 bridgehead atoms. The van der Waals surface area contributed by atoms with E-state index in [0.717, 1.165) is 31.2 Å². The zero-order chi connectivity index (χ0) is 11.8. The molecule has 2 aromatic rings. The Hall–Kier alpha value is -1.39. The maximum atomic E-state index is 13.3. The largest absolute Gasteiger partial charge is 0.326 e. The number of rotatable bonds is 1. The molecule has 1 aromatic heterocycles. The second kappa shape index (κ2) is 4.13. The van der Waals surface area contributed by atoms with Gasteiger partial charge in [0, 0.05) is 18.7 Å². The van der Waals surface area contributed by atoms with Gasteiger partial charge in [-0.3, -0.25) is 0 Å². The normalized spacial score (nSPS) is 14.7. The SMILES string of the molecule is Fc1ccc(Cl)c(-c2cnc3n2CCNC3)c1. The molecule has 0 amide bonds. The lowest BCUT2D eigenvalue weighted by molar-refractivity contribution is 0.508. The van der Waals surface area contributed by atoms with Crippen LogP contribution in [-0.2, 0) is 13.1 Å². The Kier molecular flexibility index (Phi) is 2.61. The molecule has 0 fully saturated rings. The van der Waals surface area contributed by atoms with Crippen LogP contribution < -0.4 is 5.32 Å². The van der Waals surface area contributed by atoms with Crippen molar-refractivity contribution in [2.45, 2.75) is 13.1 Å². The molecule has 0 spiro atoms. The summed E-state index contributed by atoms with van der Waals surface area (Å²) in [6, 6.07) is 4.39. The monoisotopic (exact) mass is 251 g/mol. The van der Waals surface area contributed by atoms with E-state index in [1.165, 1.54) is 12.1 Å². The van der Waals surface area contributed by atoms with Gasteiger partial charge in [-0.1, -0.05) is 11.6 Å². The smallest absolute Gasteiger partial charge is 0.123 e. The van der Waals surface area contributed by atoms with Gasteiger partial charge in [0.1, 0.15) is 11.6 Å². The van der Waals surface area contributed by atoms with Crippen molar-refractivity contribution in [3.63, 3.8) is 0 Å². The van der Waals surface area contributed by atoms with E-state index in [1.54, 1.807) is 12.3 Å².